The van der Waals surface area contributed by atoms with Crippen LogP contribution in [-0.4, -0.2) is 23.2 Å². The summed E-state index contributed by atoms with van der Waals surface area (Å²) in [6.45, 7) is 0. The molecule has 0 aliphatic rings. The number of halogens is 3. The second-order valence-electron chi connectivity index (χ2n) is 5.92. The summed E-state index contributed by atoms with van der Waals surface area (Å²) in [6, 6.07) is 13.3. The van der Waals surface area contributed by atoms with Gasteiger partial charge in [0.2, 0.25) is 0 Å². The van der Waals surface area contributed by atoms with Gasteiger partial charge >= 0.3 is 5.97 Å². The SMILES string of the molecule is O=C(O)c1c(NC(=O)[C@H](F)Cc2ccccc2Cl)csc1-c1ccc(Cl)cc1. The molecule has 0 unspecified atom stereocenters. The van der Waals surface area contributed by atoms with Crippen LogP contribution in [0.25, 0.3) is 10.4 Å². The van der Waals surface area contributed by atoms with Crippen LogP contribution >= 0.6 is 34.5 Å². The highest BCUT2D eigenvalue weighted by molar-refractivity contribution is 7.14. The Hall–Kier alpha value is -2.41. The number of hydrogen-bond donors (Lipinski definition) is 2. The maximum absolute atomic E-state index is 14.4. The molecule has 3 rings (SSSR count). The predicted molar refractivity (Wildman–Crippen MR) is 110 cm³/mol. The summed E-state index contributed by atoms with van der Waals surface area (Å²) >= 11 is 13.0. The highest BCUT2D eigenvalue weighted by atomic mass is 35.5. The van der Waals surface area contributed by atoms with E-state index in [1.165, 1.54) is 5.38 Å². The van der Waals surface area contributed by atoms with Gasteiger partial charge in [0, 0.05) is 21.8 Å². The monoisotopic (exact) mass is 437 g/mol. The average molecular weight is 438 g/mol. The fourth-order valence-electron chi connectivity index (χ4n) is 2.64. The van der Waals surface area contributed by atoms with Crippen molar-refractivity contribution in [2.75, 3.05) is 5.32 Å². The van der Waals surface area contributed by atoms with E-state index in [0.29, 0.717) is 26.0 Å². The molecule has 0 fully saturated rings. The fourth-order valence-corrected chi connectivity index (χ4v) is 3.98. The van der Waals surface area contributed by atoms with Crippen molar-refractivity contribution >= 4 is 52.1 Å². The van der Waals surface area contributed by atoms with E-state index in [0.717, 1.165) is 11.3 Å². The van der Waals surface area contributed by atoms with Crippen LogP contribution in [0.5, 0.6) is 0 Å². The first-order valence-electron chi connectivity index (χ1n) is 8.16. The molecular formula is C20H14Cl2FNO3S. The molecule has 0 saturated heterocycles. The summed E-state index contributed by atoms with van der Waals surface area (Å²) in [5, 5.41) is 14.3. The number of carboxylic acid groups (broad SMARTS) is 1. The molecule has 1 aromatic heterocycles. The summed E-state index contributed by atoms with van der Waals surface area (Å²) in [5.41, 5.74) is 1.09. The van der Waals surface area contributed by atoms with E-state index >= 15 is 0 Å². The van der Waals surface area contributed by atoms with E-state index in [1.54, 1.807) is 48.5 Å². The Bertz CT molecular complexity index is 1020. The molecule has 1 heterocycles. The van der Waals surface area contributed by atoms with Crippen molar-refractivity contribution in [2.45, 2.75) is 12.6 Å². The van der Waals surface area contributed by atoms with Gasteiger partial charge < -0.3 is 10.4 Å². The lowest BCUT2D eigenvalue weighted by Gasteiger charge is -2.11. The molecule has 28 heavy (non-hydrogen) atoms. The number of carboxylic acids is 1. The molecule has 1 amide bonds. The number of alkyl halides is 1. The minimum Gasteiger partial charge on any atom is -0.478 e. The number of benzene rings is 2. The van der Waals surface area contributed by atoms with Gasteiger partial charge in [0.25, 0.3) is 5.91 Å². The van der Waals surface area contributed by atoms with E-state index < -0.39 is 18.0 Å². The van der Waals surface area contributed by atoms with Gasteiger partial charge in [0.05, 0.1) is 10.6 Å². The molecule has 2 N–H and O–H groups in total. The van der Waals surface area contributed by atoms with Crippen molar-refractivity contribution in [1.29, 1.82) is 0 Å². The minimum absolute atomic E-state index is 0.0502. The van der Waals surface area contributed by atoms with E-state index in [-0.39, 0.29) is 17.7 Å². The van der Waals surface area contributed by atoms with Crippen molar-refractivity contribution in [1.82, 2.24) is 0 Å². The van der Waals surface area contributed by atoms with Crippen molar-refractivity contribution in [2.24, 2.45) is 0 Å². The molecule has 0 aliphatic heterocycles. The number of nitrogens with one attached hydrogen (secondary N) is 1. The number of rotatable bonds is 6. The van der Waals surface area contributed by atoms with E-state index in [1.807, 2.05) is 0 Å². The molecule has 0 aliphatic carbocycles. The topological polar surface area (TPSA) is 66.4 Å². The van der Waals surface area contributed by atoms with Gasteiger partial charge in [-0.15, -0.1) is 11.3 Å². The van der Waals surface area contributed by atoms with E-state index in [4.69, 9.17) is 23.2 Å². The van der Waals surface area contributed by atoms with Crippen LogP contribution in [0.3, 0.4) is 0 Å². The van der Waals surface area contributed by atoms with Crippen LogP contribution < -0.4 is 5.32 Å². The number of carbonyl (C=O) groups is 2. The number of thiophene rings is 1. The van der Waals surface area contributed by atoms with Gasteiger partial charge in [0.1, 0.15) is 5.56 Å². The average Bonchev–Trinajstić information content (AvgIpc) is 3.08. The maximum atomic E-state index is 14.4. The molecule has 0 bridgehead atoms. The third-order valence-electron chi connectivity index (χ3n) is 4.01. The zero-order chi connectivity index (χ0) is 20.3. The third-order valence-corrected chi connectivity index (χ3v) is 5.66. The smallest absolute Gasteiger partial charge is 0.339 e. The van der Waals surface area contributed by atoms with Crippen molar-refractivity contribution in [3.05, 3.63) is 75.1 Å². The second-order valence-corrected chi connectivity index (χ2v) is 7.64. The number of hydrogen-bond acceptors (Lipinski definition) is 3. The van der Waals surface area contributed by atoms with Gasteiger partial charge in [-0.1, -0.05) is 53.5 Å². The second kappa shape index (κ2) is 8.73. The molecule has 8 heteroatoms. The van der Waals surface area contributed by atoms with Crippen LogP contribution in [0.4, 0.5) is 10.1 Å². The fraction of sp³-hybridized carbons (Fsp3) is 0.100. The molecule has 4 nitrogen and oxygen atoms in total. The number of anilines is 1. The number of aromatic carboxylic acids is 1. The Kier molecular flexibility index (Phi) is 6.34. The molecule has 2 aromatic carbocycles. The standard InChI is InChI=1S/C20H14Cl2FNO3S/c21-13-7-5-11(6-8-13)18-17(20(26)27)16(10-28-18)24-19(25)15(23)9-12-3-1-2-4-14(12)22/h1-8,10,15H,9H2,(H,24,25)(H,26,27)/t15-/m1/s1. The molecular weight excluding hydrogens is 424 g/mol. The van der Waals surface area contributed by atoms with Crippen molar-refractivity contribution in [3.8, 4) is 10.4 Å². The molecule has 3 aromatic rings. The van der Waals surface area contributed by atoms with Gasteiger partial charge in [-0.05, 0) is 29.3 Å². The molecule has 144 valence electrons. The summed E-state index contributed by atoms with van der Waals surface area (Å²) in [7, 11) is 0. The molecule has 1 atom stereocenters. The predicted octanol–water partition coefficient (Wildman–Crippen LogP) is 5.94. The minimum atomic E-state index is -1.87. The molecule has 0 saturated carbocycles. The summed E-state index contributed by atoms with van der Waals surface area (Å²) in [6.07, 6.45) is -2.08. The summed E-state index contributed by atoms with van der Waals surface area (Å²) < 4.78 is 14.4. The highest BCUT2D eigenvalue weighted by Gasteiger charge is 2.25. The first-order valence-corrected chi connectivity index (χ1v) is 9.79. The van der Waals surface area contributed by atoms with Gasteiger partial charge in [0.15, 0.2) is 6.17 Å². The van der Waals surface area contributed by atoms with E-state index in [2.05, 4.69) is 5.32 Å². The largest absolute Gasteiger partial charge is 0.478 e. The third kappa shape index (κ3) is 4.52. The lowest BCUT2D eigenvalue weighted by atomic mass is 10.1. The Morgan fingerprint density at radius 1 is 1.11 bits per heavy atom. The van der Waals surface area contributed by atoms with E-state index in [9.17, 15) is 19.1 Å². The summed E-state index contributed by atoms with van der Waals surface area (Å²) in [4.78, 5) is 24.5. The molecule has 0 radical (unpaired) electrons. The van der Waals surface area contributed by atoms with Crippen LogP contribution in [0.15, 0.2) is 53.9 Å². The molecule has 0 spiro atoms. The first-order chi connectivity index (χ1) is 13.4. The quantitative estimate of drug-likeness (QED) is 0.501. The van der Waals surface area contributed by atoms with Gasteiger partial charge in [-0.25, -0.2) is 9.18 Å². The zero-order valence-electron chi connectivity index (χ0n) is 14.3. The zero-order valence-corrected chi connectivity index (χ0v) is 16.6. The van der Waals surface area contributed by atoms with Gasteiger partial charge in [-0.3, -0.25) is 4.79 Å². The lowest BCUT2D eigenvalue weighted by molar-refractivity contribution is -0.120. The Labute approximate surface area is 174 Å². The number of carbonyl (C=O) groups excluding carboxylic acids is 1. The van der Waals surface area contributed by atoms with Gasteiger partial charge in [-0.2, -0.15) is 0 Å². The number of amides is 1. The van der Waals surface area contributed by atoms with Crippen molar-refractivity contribution < 1.29 is 19.1 Å². The maximum Gasteiger partial charge on any atom is 0.339 e. The Balaban J connectivity index is 1.82. The lowest BCUT2D eigenvalue weighted by Crippen LogP contribution is -2.26. The first kappa shape index (κ1) is 20.3. The highest BCUT2D eigenvalue weighted by Crippen LogP contribution is 2.36. The van der Waals surface area contributed by atoms with Crippen molar-refractivity contribution in [3.63, 3.8) is 0 Å². The van der Waals surface area contributed by atoms with Crippen LogP contribution in [0.1, 0.15) is 15.9 Å². The van der Waals surface area contributed by atoms with Crippen LogP contribution in [0.2, 0.25) is 10.0 Å². The Morgan fingerprint density at radius 2 is 1.79 bits per heavy atom. The normalized spacial score (nSPS) is 11.8. The van der Waals surface area contributed by atoms with Crippen LogP contribution in [-0.2, 0) is 11.2 Å². The Morgan fingerprint density at radius 3 is 2.43 bits per heavy atom. The summed E-state index contributed by atoms with van der Waals surface area (Å²) in [5.74, 6) is -2.15. The van der Waals surface area contributed by atoms with Crippen LogP contribution in [0, 0.1) is 0 Å².